The zero-order chi connectivity index (χ0) is 19.1. The van der Waals surface area contributed by atoms with Crippen molar-refractivity contribution in [3.63, 3.8) is 0 Å². The number of carbonyl (C=O) groups excluding carboxylic acids is 2. The van der Waals surface area contributed by atoms with Crippen LogP contribution in [0, 0.1) is 0 Å². The molecule has 0 heterocycles. The number of esters is 1. The van der Waals surface area contributed by atoms with E-state index >= 15 is 0 Å². The number of carbonyl (C=O) groups is 2. The van der Waals surface area contributed by atoms with Gasteiger partial charge in [-0.2, -0.15) is 0 Å². The van der Waals surface area contributed by atoms with E-state index in [0.717, 1.165) is 35.5 Å². The number of ketones is 1. The molecule has 0 aliphatic heterocycles. The molecule has 1 aliphatic carbocycles. The topological polar surface area (TPSA) is 43.4 Å². The van der Waals surface area contributed by atoms with Crippen molar-refractivity contribution in [1.82, 2.24) is 0 Å². The van der Waals surface area contributed by atoms with Gasteiger partial charge in [0.25, 0.3) is 0 Å². The van der Waals surface area contributed by atoms with Crippen molar-refractivity contribution in [2.45, 2.75) is 43.9 Å². The van der Waals surface area contributed by atoms with Gasteiger partial charge in [-0.05, 0) is 55.5 Å². The molecular formula is C23H24O3S. The standard InChI is InChI=1S/C23H24O3S/c1-2-26-22(25)13-6-5-9-18-11-7-12-21(24)23(18)27-20-15-14-17-8-3-4-10-19(17)16-20/h3-4,6,8,10,13-16H,2,5,7,9,11-12H2,1H3/b13-6+. The second-order valence-corrected chi connectivity index (χ2v) is 7.60. The molecule has 0 N–H and O–H groups in total. The Bertz CT molecular complexity index is 895. The molecular weight excluding hydrogens is 356 g/mol. The normalized spacial score (nSPS) is 14.9. The van der Waals surface area contributed by atoms with Gasteiger partial charge in [-0.25, -0.2) is 4.79 Å². The van der Waals surface area contributed by atoms with E-state index in [0.29, 0.717) is 13.0 Å². The number of ether oxygens (including phenoxy) is 1. The molecule has 0 aromatic heterocycles. The molecule has 0 bridgehead atoms. The summed E-state index contributed by atoms with van der Waals surface area (Å²) in [5.41, 5.74) is 1.21. The first-order chi connectivity index (χ1) is 13.2. The van der Waals surface area contributed by atoms with Gasteiger partial charge in [0.1, 0.15) is 0 Å². The van der Waals surface area contributed by atoms with E-state index in [1.807, 2.05) is 18.2 Å². The minimum Gasteiger partial charge on any atom is -0.463 e. The van der Waals surface area contributed by atoms with Crippen molar-refractivity contribution >= 4 is 34.3 Å². The molecule has 0 saturated heterocycles. The first-order valence-corrected chi connectivity index (χ1v) is 10.2. The van der Waals surface area contributed by atoms with Crippen LogP contribution in [-0.4, -0.2) is 18.4 Å². The molecule has 2 aromatic rings. The Labute approximate surface area is 164 Å². The lowest BCUT2D eigenvalue weighted by Crippen LogP contribution is -2.09. The van der Waals surface area contributed by atoms with Crippen LogP contribution in [0.4, 0.5) is 0 Å². The highest BCUT2D eigenvalue weighted by molar-refractivity contribution is 8.04. The minimum absolute atomic E-state index is 0.240. The van der Waals surface area contributed by atoms with Crippen LogP contribution >= 0.6 is 11.8 Å². The van der Waals surface area contributed by atoms with Crippen LogP contribution in [0.25, 0.3) is 10.8 Å². The fraction of sp³-hybridized carbons (Fsp3) is 0.304. The lowest BCUT2D eigenvalue weighted by molar-refractivity contribution is -0.137. The summed E-state index contributed by atoms with van der Waals surface area (Å²) in [4.78, 5) is 25.9. The number of Topliss-reactive ketones (excluding diaryl/α,β-unsaturated/α-hetero) is 1. The zero-order valence-electron chi connectivity index (χ0n) is 15.6. The number of rotatable bonds is 7. The molecule has 0 radical (unpaired) electrons. The SMILES string of the molecule is CCOC(=O)/C=C/CCC1=C(Sc2ccc3ccccc3c2)C(=O)CCC1. The summed E-state index contributed by atoms with van der Waals surface area (Å²) in [7, 11) is 0. The Morgan fingerprint density at radius 3 is 2.78 bits per heavy atom. The Hall–Kier alpha value is -2.33. The predicted octanol–water partition coefficient (Wildman–Crippen LogP) is 5.84. The summed E-state index contributed by atoms with van der Waals surface area (Å²) in [6.45, 7) is 2.18. The number of thioether (sulfide) groups is 1. The van der Waals surface area contributed by atoms with Crippen molar-refractivity contribution in [2.24, 2.45) is 0 Å². The molecule has 140 valence electrons. The molecule has 0 fully saturated rings. The molecule has 2 aromatic carbocycles. The largest absolute Gasteiger partial charge is 0.463 e. The van der Waals surface area contributed by atoms with E-state index in [-0.39, 0.29) is 11.8 Å². The molecule has 3 nitrogen and oxygen atoms in total. The quantitative estimate of drug-likeness (QED) is 0.447. The smallest absolute Gasteiger partial charge is 0.330 e. The highest BCUT2D eigenvalue weighted by Gasteiger charge is 2.21. The highest BCUT2D eigenvalue weighted by atomic mass is 32.2. The maximum absolute atomic E-state index is 12.5. The predicted molar refractivity (Wildman–Crippen MR) is 111 cm³/mol. The van der Waals surface area contributed by atoms with Crippen LogP contribution in [0.1, 0.15) is 39.0 Å². The first kappa shape index (κ1) is 19.4. The van der Waals surface area contributed by atoms with Gasteiger partial charge in [-0.3, -0.25) is 4.79 Å². The zero-order valence-corrected chi connectivity index (χ0v) is 16.4. The number of allylic oxidation sites excluding steroid dienone is 3. The van der Waals surface area contributed by atoms with E-state index in [9.17, 15) is 9.59 Å². The van der Waals surface area contributed by atoms with Crippen LogP contribution in [0.15, 0.2) is 70.0 Å². The number of hydrogen-bond donors (Lipinski definition) is 0. The number of fused-ring (bicyclic) bond motifs is 1. The van der Waals surface area contributed by atoms with Gasteiger partial charge in [-0.1, -0.05) is 53.7 Å². The van der Waals surface area contributed by atoms with Crippen LogP contribution in [0.5, 0.6) is 0 Å². The lowest BCUT2D eigenvalue weighted by Gasteiger charge is -2.19. The van der Waals surface area contributed by atoms with Gasteiger partial charge in [0.2, 0.25) is 0 Å². The fourth-order valence-corrected chi connectivity index (χ4v) is 4.35. The van der Waals surface area contributed by atoms with E-state index in [1.54, 1.807) is 18.7 Å². The molecule has 3 rings (SSSR count). The van der Waals surface area contributed by atoms with E-state index < -0.39 is 0 Å². The van der Waals surface area contributed by atoms with Crippen molar-refractivity contribution < 1.29 is 14.3 Å². The van der Waals surface area contributed by atoms with Crippen molar-refractivity contribution in [3.8, 4) is 0 Å². The average molecular weight is 381 g/mol. The van der Waals surface area contributed by atoms with E-state index in [4.69, 9.17) is 4.74 Å². The number of hydrogen-bond acceptors (Lipinski definition) is 4. The van der Waals surface area contributed by atoms with Gasteiger partial charge < -0.3 is 4.74 Å². The van der Waals surface area contributed by atoms with Gasteiger partial charge >= 0.3 is 5.97 Å². The lowest BCUT2D eigenvalue weighted by atomic mass is 9.95. The van der Waals surface area contributed by atoms with Crippen molar-refractivity contribution in [2.75, 3.05) is 6.61 Å². The van der Waals surface area contributed by atoms with Gasteiger partial charge in [0, 0.05) is 17.4 Å². The van der Waals surface area contributed by atoms with Gasteiger partial charge in [-0.15, -0.1) is 0 Å². The Morgan fingerprint density at radius 2 is 1.96 bits per heavy atom. The summed E-state index contributed by atoms with van der Waals surface area (Å²) in [5.74, 6) is -0.0688. The third-order valence-electron chi connectivity index (χ3n) is 4.55. The van der Waals surface area contributed by atoms with Crippen LogP contribution in [-0.2, 0) is 14.3 Å². The van der Waals surface area contributed by atoms with Gasteiger partial charge in [0.05, 0.1) is 11.5 Å². The van der Waals surface area contributed by atoms with E-state index in [1.165, 1.54) is 22.4 Å². The first-order valence-electron chi connectivity index (χ1n) is 9.42. The molecule has 1 aliphatic rings. The summed E-state index contributed by atoms with van der Waals surface area (Å²) in [6.07, 6.45) is 7.35. The second kappa shape index (κ2) is 9.56. The average Bonchev–Trinajstić information content (AvgIpc) is 2.67. The highest BCUT2D eigenvalue weighted by Crippen LogP contribution is 2.38. The maximum atomic E-state index is 12.5. The molecule has 0 amide bonds. The Balaban J connectivity index is 1.73. The Kier molecular flexibility index (Phi) is 6.88. The molecule has 4 heteroatoms. The summed E-state index contributed by atoms with van der Waals surface area (Å²) in [5, 5.41) is 2.39. The van der Waals surface area contributed by atoms with Crippen LogP contribution in [0.3, 0.4) is 0 Å². The summed E-state index contributed by atoms with van der Waals surface area (Å²) in [6, 6.07) is 14.6. The van der Waals surface area contributed by atoms with Crippen molar-refractivity contribution in [1.29, 1.82) is 0 Å². The van der Waals surface area contributed by atoms with Gasteiger partial charge in [0.15, 0.2) is 5.78 Å². The minimum atomic E-state index is -0.308. The van der Waals surface area contributed by atoms with Crippen molar-refractivity contribution in [3.05, 3.63) is 65.1 Å². The molecule has 0 spiro atoms. The molecule has 27 heavy (non-hydrogen) atoms. The molecule has 0 unspecified atom stereocenters. The third kappa shape index (κ3) is 5.33. The maximum Gasteiger partial charge on any atom is 0.330 e. The Morgan fingerprint density at radius 1 is 1.15 bits per heavy atom. The van der Waals surface area contributed by atoms with Crippen LogP contribution in [0.2, 0.25) is 0 Å². The second-order valence-electron chi connectivity index (χ2n) is 6.51. The van der Waals surface area contributed by atoms with E-state index in [2.05, 4.69) is 30.3 Å². The van der Waals surface area contributed by atoms with Crippen LogP contribution < -0.4 is 0 Å². The monoisotopic (exact) mass is 380 g/mol. The molecule has 0 atom stereocenters. The molecule has 0 saturated carbocycles. The number of benzene rings is 2. The fourth-order valence-electron chi connectivity index (χ4n) is 3.23. The summed E-state index contributed by atoms with van der Waals surface area (Å²) < 4.78 is 4.89. The summed E-state index contributed by atoms with van der Waals surface area (Å²) >= 11 is 1.58. The third-order valence-corrected chi connectivity index (χ3v) is 5.76.